The number of rotatable bonds is 4. The zero-order chi connectivity index (χ0) is 17.0. The molecule has 0 saturated heterocycles. The zero-order valence-corrected chi connectivity index (χ0v) is 15.0. The molecular weight excluding hydrogens is 280 g/mol. The minimum absolute atomic E-state index is 0.0335. The van der Waals surface area contributed by atoms with Gasteiger partial charge in [-0.25, -0.2) is 0 Å². The number of carbonyl (C=O) groups excluding carboxylic acids is 2. The largest absolute Gasteiger partial charge is 0.465 e. The molecule has 0 aliphatic heterocycles. The van der Waals surface area contributed by atoms with E-state index in [4.69, 9.17) is 9.47 Å². The smallest absolute Gasteiger partial charge is 0.311 e. The summed E-state index contributed by atoms with van der Waals surface area (Å²) < 4.78 is 11.1. The van der Waals surface area contributed by atoms with Crippen molar-refractivity contribution in [2.45, 2.75) is 79.8 Å². The first kappa shape index (κ1) is 19.0. The molecule has 1 fully saturated rings. The van der Waals surface area contributed by atoms with E-state index in [2.05, 4.69) is 0 Å². The fourth-order valence-corrected chi connectivity index (χ4v) is 2.49. The maximum absolute atomic E-state index is 12.1. The average Bonchev–Trinajstić information content (AvgIpc) is 2.38. The van der Waals surface area contributed by atoms with Crippen LogP contribution in [0, 0.1) is 16.7 Å². The highest BCUT2D eigenvalue weighted by Gasteiger charge is 2.32. The standard InChI is InChI=1S/C18H32O4/c1-17(2,3)15(19)21-12-11-13-9-7-8-10-14(13)22-16(20)18(4,5)6/h13-14H,7-12H2,1-6H3/t13-,14-/m1/s1. The summed E-state index contributed by atoms with van der Waals surface area (Å²) in [7, 11) is 0. The maximum atomic E-state index is 12.1. The minimum Gasteiger partial charge on any atom is -0.465 e. The molecule has 128 valence electrons. The lowest BCUT2D eigenvalue weighted by Crippen LogP contribution is -2.35. The number of esters is 2. The van der Waals surface area contributed by atoms with Crippen LogP contribution in [0.5, 0.6) is 0 Å². The first-order valence-electron chi connectivity index (χ1n) is 8.40. The van der Waals surface area contributed by atoms with Crippen molar-refractivity contribution in [3.63, 3.8) is 0 Å². The second-order valence-corrected chi connectivity index (χ2v) is 8.41. The Hall–Kier alpha value is -1.06. The van der Waals surface area contributed by atoms with Gasteiger partial charge in [0, 0.05) is 0 Å². The summed E-state index contributed by atoms with van der Waals surface area (Å²) in [6.07, 6.45) is 4.94. The Morgan fingerprint density at radius 2 is 1.45 bits per heavy atom. The molecule has 1 rings (SSSR count). The molecule has 0 heterocycles. The third-order valence-electron chi connectivity index (χ3n) is 4.04. The quantitative estimate of drug-likeness (QED) is 0.733. The van der Waals surface area contributed by atoms with E-state index in [1.165, 1.54) is 0 Å². The molecule has 0 spiro atoms. The van der Waals surface area contributed by atoms with Gasteiger partial charge in [-0.15, -0.1) is 0 Å². The number of ether oxygens (including phenoxy) is 2. The monoisotopic (exact) mass is 312 g/mol. The zero-order valence-electron chi connectivity index (χ0n) is 15.0. The topological polar surface area (TPSA) is 52.6 Å². The average molecular weight is 312 g/mol. The Kier molecular flexibility index (Phi) is 6.45. The van der Waals surface area contributed by atoms with Crippen LogP contribution in [-0.4, -0.2) is 24.6 Å². The Morgan fingerprint density at radius 1 is 0.909 bits per heavy atom. The third kappa shape index (κ3) is 5.98. The van der Waals surface area contributed by atoms with E-state index in [0.29, 0.717) is 12.5 Å². The van der Waals surface area contributed by atoms with Gasteiger partial charge in [0.05, 0.1) is 17.4 Å². The summed E-state index contributed by atoms with van der Waals surface area (Å²) in [6, 6.07) is 0. The van der Waals surface area contributed by atoms with Crippen molar-refractivity contribution in [2.24, 2.45) is 16.7 Å². The highest BCUT2D eigenvalue weighted by atomic mass is 16.5. The van der Waals surface area contributed by atoms with Crippen molar-refractivity contribution in [1.82, 2.24) is 0 Å². The van der Waals surface area contributed by atoms with E-state index in [-0.39, 0.29) is 18.0 Å². The summed E-state index contributed by atoms with van der Waals surface area (Å²) in [4.78, 5) is 23.9. The third-order valence-corrected chi connectivity index (χ3v) is 4.04. The van der Waals surface area contributed by atoms with Crippen molar-refractivity contribution in [1.29, 1.82) is 0 Å². The van der Waals surface area contributed by atoms with Crippen LogP contribution in [0.25, 0.3) is 0 Å². The van der Waals surface area contributed by atoms with Crippen LogP contribution in [0.3, 0.4) is 0 Å². The SMILES string of the molecule is CC(C)(C)C(=O)OCC[C@H]1CCCC[C@H]1OC(=O)C(C)(C)C. The van der Waals surface area contributed by atoms with E-state index in [9.17, 15) is 9.59 Å². The first-order chi connectivity index (χ1) is 10.0. The fraction of sp³-hybridized carbons (Fsp3) is 0.889. The van der Waals surface area contributed by atoms with Gasteiger partial charge in [0.2, 0.25) is 0 Å². The van der Waals surface area contributed by atoms with Gasteiger partial charge in [0.1, 0.15) is 6.10 Å². The lowest BCUT2D eigenvalue weighted by atomic mass is 9.84. The Labute approximate surface area is 134 Å². The summed E-state index contributed by atoms with van der Waals surface area (Å²) in [6.45, 7) is 11.6. The Balaban J connectivity index is 2.49. The van der Waals surface area contributed by atoms with Crippen LogP contribution in [0.1, 0.15) is 73.6 Å². The second kappa shape index (κ2) is 7.47. The fourth-order valence-electron chi connectivity index (χ4n) is 2.49. The van der Waals surface area contributed by atoms with E-state index >= 15 is 0 Å². The number of hydrogen-bond donors (Lipinski definition) is 0. The molecular formula is C18H32O4. The van der Waals surface area contributed by atoms with Crippen LogP contribution in [0.2, 0.25) is 0 Å². The molecule has 0 aromatic heterocycles. The molecule has 1 aliphatic carbocycles. The van der Waals surface area contributed by atoms with Crippen LogP contribution in [0.4, 0.5) is 0 Å². The molecule has 0 aromatic rings. The van der Waals surface area contributed by atoms with Gasteiger partial charge in [0.15, 0.2) is 0 Å². The van der Waals surface area contributed by atoms with Crippen LogP contribution >= 0.6 is 0 Å². The Bertz CT molecular complexity index is 387. The lowest BCUT2D eigenvalue weighted by molar-refractivity contribution is -0.165. The van der Waals surface area contributed by atoms with Crippen LogP contribution < -0.4 is 0 Å². The molecule has 0 bridgehead atoms. The van der Waals surface area contributed by atoms with Gasteiger partial charge < -0.3 is 9.47 Å². The van der Waals surface area contributed by atoms with Crippen molar-refractivity contribution >= 4 is 11.9 Å². The molecule has 22 heavy (non-hydrogen) atoms. The number of hydrogen-bond acceptors (Lipinski definition) is 4. The molecule has 1 aliphatic rings. The van der Waals surface area contributed by atoms with E-state index < -0.39 is 10.8 Å². The molecule has 2 atom stereocenters. The highest BCUT2D eigenvalue weighted by Crippen LogP contribution is 2.31. The highest BCUT2D eigenvalue weighted by molar-refractivity contribution is 5.75. The Morgan fingerprint density at radius 3 is 2.00 bits per heavy atom. The normalized spacial score (nSPS) is 23.0. The van der Waals surface area contributed by atoms with Crippen LogP contribution in [-0.2, 0) is 19.1 Å². The van der Waals surface area contributed by atoms with Gasteiger partial charge in [-0.3, -0.25) is 9.59 Å². The van der Waals surface area contributed by atoms with Crippen molar-refractivity contribution in [2.75, 3.05) is 6.61 Å². The van der Waals surface area contributed by atoms with E-state index in [0.717, 1.165) is 32.1 Å². The summed E-state index contributed by atoms with van der Waals surface area (Å²) in [5.74, 6) is -0.0181. The number of carbonyl (C=O) groups is 2. The lowest BCUT2D eigenvalue weighted by Gasteiger charge is -2.33. The van der Waals surface area contributed by atoms with E-state index in [1.807, 2.05) is 41.5 Å². The van der Waals surface area contributed by atoms with Gasteiger partial charge in [-0.05, 0) is 73.1 Å². The molecule has 0 unspecified atom stereocenters. The summed E-state index contributed by atoms with van der Waals surface area (Å²) in [5.41, 5.74) is -0.939. The van der Waals surface area contributed by atoms with Crippen LogP contribution in [0.15, 0.2) is 0 Å². The van der Waals surface area contributed by atoms with Gasteiger partial charge in [-0.1, -0.05) is 6.42 Å². The first-order valence-corrected chi connectivity index (χ1v) is 8.40. The molecule has 0 aromatic carbocycles. The second-order valence-electron chi connectivity index (χ2n) is 8.41. The predicted molar refractivity (Wildman–Crippen MR) is 86.3 cm³/mol. The van der Waals surface area contributed by atoms with E-state index in [1.54, 1.807) is 0 Å². The predicted octanol–water partition coefficient (Wildman–Crippen LogP) is 4.11. The van der Waals surface area contributed by atoms with Gasteiger partial charge in [0.25, 0.3) is 0 Å². The molecule has 4 nitrogen and oxygen atoms in total. The van der Waals surface area contributed by atoms with Gasteiger partial charge in [-0.2, -0.15) is 0 Å². The molecule has 0 N–H and O–H groups in total. The minimum atomic E-state index is -0.472. The molecule has 4 heteroatoms. The van der Waals surface area contributed by atoms with Crippen molar-refractivity contribution in [3.8, 4) is 0 Å². The summed E-state index contributed by atoms with van der Waals surface area (Å²) in [5, 5.41) is 0. The molecule has 1 saturated carbocycles. The van der Waals surface area contributed by atoms with Crippen molar-refractivity contribution < 1.29 is 19.1 Å². The summed E-state index contributed by atoms with van der Waals surface area (Å²) >= 11 is 0. The molecule has 0 amide bonds. The maximum Gasteiger partial charge on any atom is 0.311 e. The molecule has 0 radical (unpaired) electrons. The van der Waals surface area contributed by atoms with Crippen molar-refractivity contribution in [3.05, 3.63) is 0 Å². The van der Waals surface area contributed by atoms with Gasteiger partial charge >= 0.3 is 11.9 Å².